The van der Waals surface area contributed by atoms with E-state index < -0.39 is 5.97 Å². The zero-order valence-electron chi connectivity index (χ0n) is 6.93. The first kappa shape index (κ1) is 9.17. The van der Waals surface area contributed by atoms with Crippen molar-refractivity contribution in [3.05, 3.63) is 27.9 Å². The van der Waals surface area contributed by atoms with Crippen molar-refractivity contribution in [1.29, 1.82) is 0 Å². The molecule has 0 radical (unpaired) electrons. The first-order valence-corrected chi connectivity index (χ1v) is 5.50. The van der Waals surface area contributed by atoms with Gasteiger partial charge in [0.05, 0.1) is 5.69 Å². The molecule has 2 N–H and O–H groups in total. The van der Waals surface area contributed by atoms with E-state index in [4.69, 9.17) is 5.11 Å². The normalized spacial score (nSPS) is 10.0. The number of hydrogen-bond acceptors (Lipinski definition) is 5. The number of thiazole rings is 1. The maximum atomic E-state index is 10.8. The zero-order chi connectivity index (χ0) is 9.97. The monoisotopic (exact) mass is 226 g/mol. The summed E-state index contributed by atoms with van der Waals surface area (Å²) in [6.07, 6.45) is 1.67. The van der Waals surface area contributed by atoms with Gasteiger partial charge in [-0.25, -0.2) is 9.78 Å². The first-order valence-electron chi connectivity index (χ1n) is 3.74. The Bertz CT molecular complexity index is 436. The highest BCUT2D eigenvalue weighted by atomic mass is 32.1. The van der Waals surface area contributed by atoms with Crippen molar-refractivity contribution in [3.63, 3.8) is 0 Å². The SMILES string of the molecule is O=C(O)c1sccc1Nc1nccs1. The van der Waals surface area contributed by atoms with Gasteiger partial charge in [0.1, 0.15) is 4.88 Å². The van der Waals surface area contributed by atoms with Crippen molar-refractivity contribution < 1.29 is 9.90 Å². The molecule has 0 spiro atoms. The van der Waals surface area contributed by atoms with Crippen molar-refractivity contribution in [2.45, 2.75) is 0 Å². The Morgan fingerprint density at radius 3 is 2.93 bits per heavy atom. The Kier molecular flexibility index (Phi) is 2.47. The van der Waals surface area contributed by atoms with Gasteiger partial charge < -0.3 is 10.4 Å². The number of rotatable bonds is 3. The van der Waals surface area contributed by atoms with Crippen molar-refractivity contribution in [3.8, 4) is 0 Å². The molecule has 0 atom stereocenters. The van der Waals surface area contributed by atoms with E-state index in [2.05, 4.69) is 10.3 Å². The fourth-order valence-corrected chi connectivity index (χ4v) is 2.20. The van der Waals surface area contributed by atoms with Crippen LogP contribution >= 0.6 is 22.7 Å². The molecule has 6 heteroatoms. The average molecular weight is 226 g/mol. The van der Waals surface area contributed by atoms with E-state index in [0.29, 0.717) is 15.7 Å². The number of thiophene rings is 1. The van der Waals surface area contributed by atoms with Crippen LogP contribution in [0.25, 0.3) is 0 Å². The molecular formula is C8H6N2O2S2. The van der Waals surface area contributed by atoms with Gasteiger partial charge in [-0.3, -0.25) is 0 Å². The van der Waals surface area contributed by atoms with Crippen LogP contribution in [0.5, 0.6) is 0 Å². The molecule has 2 aromatic heterocycles. The second-order valence-electron chi connectivity index (χ2n) is 2.43. The van der Waals surface area contributed by atoms with Gasteiger partial charge in [-0.1, -0.05) is 0 Å². The van der Waals surface area contributed by atoms with Crippen LogP contribution in [0.1, 0.15) is 9.67 Å². The van der Waals surface area contributed by atoms with Crippen LogP contribution in [-0.2, 0) is 0 Å². The molecule has 0 aromatic carbocycles. The Morgan fingerprint density at radius 1 is 1.43 bits per heavy atom. The van der Waals surface area contributed by atoms with Crippen LogP contribution in [0.2, 0.25) is 0 Å². The van der Waals surface area contributed by atoms with Gasteiger partial charge in [0.25, 0.3) is 0 Å². The fourth-order valence-electron chi connectivity index (χ4n) is 0.974. The second-order valence-corrected chi connectivity index (χ2v) is 4.24. The maximum Gasteiger partial charge on any atom is 0.348 e. The Balaban J connectivity index is 2.25. The highest BCUT2D eigenvalue weighted by Crippen LogP contribution is 2.26. The number of anilines is 2. The number of aromatic nitrogens is 1. The van der Waals surface area contributed by atoms with Gasteiger partial charge in [0, 0.05) is 11.6 Å². The lowest BCUT2D eigenvalue weighted by atomic mass is 10.4. The van der Waals surface area contributed by atoms with Crippen LogP contribution < -0.4 is 5.32 Å². The fraction of sp³-hybridized carbons (Fsp3) is 0. The molecule has 0 aliphatic rings. The van der Waals surface area contributed by atoms with E-state index in [9.17, 15) is 4.79 Å². The lowest BCUT2D eigenvalue weighted by Gasteiger charge is -1.99. The third-order valence-corrected chi connectivity index (χ3v) is 3.12. The Hall–Kier alpha value is -1.40. The molecule has 4 nitrogen and oxygen atoms in total. The van der Waals surface area contributed by atoms with Gasteiger partial charge in [-0.05, 0) is 11.4 Å². The standard InChI is InChI=1S/C8H6N2O2S2/c11-7(12)6-5(1-3-13-6)10-8-9-2-4-14-8/h1-4H,(H,9,10)(H,11,12). The molecule has 2 aromatic rings. The van der Waals surface area contributed by atoms with E-state index in [0.717, 1.165) is 0 Å². The van der Waals surface area contributed by atoms with Crippen molar-refractivity contribution >= 4 is 39.5 Å². The number of carbonyl (C=O) groups is 1. The summed E-state index contributed by atoms with van der Waals surface area (Å²) in [5.41, 5.74) is 0.595. The summed E-state index contributed by atoms with van der Waals surface area (Å²) in [7, 11) is 0. The van der Waals surface area contributed by atoms with E-state index in [-0.39, 0.29) is 0 Å². The van der Waals surface area contributed by atoms with Gasteiger partial charge >= 0.3 is 5.97 Å². The predicted octanol–water partition coefficient (Wildman–Crippen LogP) is 2.65. The predicted molar refractivity (Wildman–Crippen MR) is 56.7 cm³/mol. The summed E-state index contributed by atoms with van der Waals surface area (Å²) in [4.78, 5) is 15.1. The van der Waals surface area contributed by atoms with Crippen LogP contribution in [-0.4, -0.2) is 16.1 Å². The smallest absolute Gasteiger partial charge is 0.348 e. The molecule has 0 unspecified atom stereocenters. The number of carboxylic acid groups (broad SMARTS) is 1. The minimum atomic E-state index is -0.918. The molecule has 2 rings (SSSR count). The molecule has 0 bridgehead atoms. The number of nitrogens with one attached hydrogen (secondary N) is 1. The van der Waals surface area contributed by atoms with E-state index in [1.54, 1.807) is 17.6 Å². The van der Waals surface area contributed by atoms with E-state index >= 15 is 0 Å². The summed E-state index contributed by atoms with van der Waals surface area (Å²) >= 11 is 2.63. The highest BCUT2D eigenvalue weighted by molar-refractivity contribution is 7.14. The largest absolute Gasteiger partial charge is 0.477 e. The van der Waals surface area contributed by atoms with Crippen LogP contribution in [0, 0.1) is 0 Å². The number of aromatic carboxylic acids is 1. The molecule has 0 aliphatic heterocycles. The molecule has 0 amide bonds. The minimum absolute atomic E-state index is 0.306. The van der Waals surface area contributed by atoms with E-state index in [1.807, 2.05) is 5.38 Å². The summed E-state index contributed by atoms with van der Waals surface area (Å²) < 4.78 is 0. The molecule has 14 heavy (non-hydrogen) atoms. The Morgan fingerprint density at radius 2 is 2.29 bits per heavy atom. The molecule has 72 valence electrons. The van der Waals surface area contributed by atoms with Crippen LogP contribution in [0.3, 0.4) is 0 Å². The molecular weight excluding hydrogens is 220 g/mol. The summed E-state index contributed by atoms with van der Waals surface area (Å²) in [5, 5.41) is 16.1. The minimum Gasteiger partial charge on any atom is -0.477 e. The second kappa shape index (κ2) is 3.77. The number of nitrogens with zero attached hydrogens (tertiary/aromatic N) is 1. The van der Waals surface area contributed by atoms with Gasteiger partial charge in [-0.15, -0.1) is 22.7 Å². The maximum absolute atomic E-state index is 10.8. The quantitative estimate of drug-likeness (QED) is 0.844. The summed E-state index contributed by atoms with van der Waals surface area (Å²) in [6, 6.07) is 1.73. The molecule has 0 saturated heterocycles. The van der Waals surface area contributed by atoms with Gasteiger partial charge in [0.2, 0.25) is 0 Å². The van der Waals surface area contributed by atoms with Crippen molar-refractivity contribution in [1.82, 2.24) is 4.98 Å². The zero-order valence-corrected chi connectivity index (χ0v) is 8.56. The summed E-state index contributed by atoms with van der Waals surface area (Å²) in [6.45, 7) is 0. The van der Waals surface area contributed by atoms with Crippen LogP contribution in [0.15, 0.2) is 23.0 Å². The molecule has 0 aliphatic carbocycles. The number of hydrogen-bond donors (Lipinski definition) is 2. The summed E-state index contributed by atoms with van der Waals surface area (Å²) in [5.74, 6) is -0.918. The van der Waals surface area contributed by atoms with Gasteiger partial charge in [0.15, 0.2) is 5.13 Å². The van der Waals surface area contributed by atoms with Crippen LogP contribution in [0.4, 0.5) is 10.8 Å². The average Bonchev–Trinajstić information content (AvgIpc) is 2.75. The molecule has 2 heterocycles. The first-order chi connectivity index (χ1) is 6.77. The number of carboxylic acids is 1. The lowest BCUT2D eigenvalue weighted by molar-refractivity contribution is 0.0703. The van der Waals surface area contributed by atoms with Gasteiger partial charge in [-0.2, -0.15) is 0 Å². The third kappa shape index (κ3) is 1.75. The molecule has 0 fully saturated rings. The van der Waals surface area contributed by atoms with Crippen molar-refractivity contribution in [2.75, 3.05) is 5.32 Å². The van der Waals surface area contributed by atoms with Crippen molar-refractivity contribution in [2.24, 2.45) is 0 Å². The topological polar surface area (TPSA) is 62.2 Å². The Labute approximate surface area is 87.9 Å². The highest BCUT2D eigenvalue weighted by Gasteiger charge is 2.11. The van der Waals surface area contributed by atoms with E-state index in [1.165, 1.54) is 22.7 Å². The molecule has 0 saturated carbocycles. The lowest BCUT2D eigenvalue weighted by Crippen LogP contribution is -1.97. The third-order valence-electron chi connectivity index (χ3n) is 1.53.